The molecule has 0 saturated heterocycles. The number of anilines is 1. The number of nitrogens with one attached hydrogen (secondary N) is 1. The van der Waals surface area contributed by atoms with Crippen LogP contribution in [0.15, 0.2) is 54.7 Å². The van der Waals surface area contributed by atoms with Gasteiger partial charge in [0.05, 0.1) is 54.9 Å². The summed E-state index contributed by atoms with van der Waals surface area (Å²) >= 11 is 1.84. The number of aromatic nitrogens is 1. The van der Waals surface area contributed by atoms with Gasteiger partial charge in [0.2, 0.25) is 0 Å². The second kappa shape index (κ2) is 11.9. The van der Waals surface area contributed by atoms with Crippen molar-refractivity contribution in [2.45, 2.75) is 12.2 Å². The Kier molecular flexibility index (Phi) is 8.73. The van der Waals surface area contributed by atoms with Gasteiger partial charge in [-0.25, -0.2) is 8.78 Å². The zero-order chi connectivity index (χ0) is 29.2. The highest BCUT2D eigenvalue weighted by Crippen LogP contribution is 2.42. The molecule has 0 saturated carbocycles. The van der Waals surface area contributed by atoms with Crippen LogP contribution in [-0.2, 0) is 6.18 Å². The Labute approximate surface area is 238 Å². The standard InChI is InChI=1S/C27H22F5IN2O5/c1-38-16-8-15(9-17(10-16)40-6-5-36)35(33)25(18-4-3-14(28)7-24(18)39-2)26(37)20-13-34-23-12-22(29)21(11-19(20)23)27(30,31)32/h3-4,7-13,25,34,36H,5-6H2,1-2H3. The summed E-state index contributed by atoms with van der Waals surface area (Å²) in [7, 11) is 2.70. The molecule has 40 heavy (non-hydrogen) atoms. The SMILES string of the molecule is COc1cc(OCCO)cc(N(I)C(C(=O)c2c[nH]c3cc(F)c(C(F)(F)F)cc23)c2ccc(F)cc2OC)c1. The van der Waals surface area contributed by atoms with Crippen molar-refractivity contribution in [3.05, 3.63) is 83.1 Å². The summed E-state index contributed by atoms with van der Waals surface area (Å²) in [6, 6.07) is 8.23. The van der Waals surface area contributed by atoms with E-state index in [2.05, 4.69) is 4.98 Å². The number of ether oxygens (including phenoxy) is 3. The molecule has 1 aromatic heterocycles. The number of hydrogen-bond donors (Lipinski definition) is 2. The maximum absolute atomic E-state index is 14.2. The summed E-state index contributed by atoms with van der Waals surface area (Å²) in [5, 5.41) is 9.00. The van der Waals surface area contributed by atoms with Gasteiger partial charge >= 0.3 is 6.18 Å². The highest BCUT2D eigenvalue weighted by molar-refractivity contribution is 14.1. The van der Waals surface area contributed by atoms with Crippen LogP contribution >= 0.6 is 22.9 Å². The Balaban J connectivity index is 1.91. The summed E-state index contributed by atoms with van der Waals surface area (Å²) in [5.74, 6) is -2.14. The number of hydrogen-bond acceptors (Lipinski definition) is 6. The first kappa shape index (κ1) is 29.4. The topological polar surface area (TPSA) is 84.0 Å². The molecule has 7 nitrogen and oxygen atoms in total. The minimum absolute atomic E-state index is 0.0141. The minimum atomic E-state index is -4.99. The summed E-state index contributed by atoms with van der Waals surface area (Å²) in [6.45, 7) is -0.273. The van der Waals surface area contributed by atoms with E-state index >= 15 is 0 Å². The number of methoxy groups -OCH3 is 2. The first-order valence-electron chi connectivity index (χ1n) is 11.6. The van der Waals surface area contributed by atoms with E-state index in [9.17, 15) is 26.7 Å². The van der Waals surface area contributed by atoms with Crippen LogP contribution in [-0.4, -0.2) is 43.3 Å². The van der Waals surface area contributed by atoms with E-state index in [0.29, 0.717) is 29.3 Å². The summed E-state index contributed by atoms with van der Waals surface area (Å²) in [6.07, 6.45) is -3.79. The van der Waals surface area contributed by atoms with Gasteiger partial charge in [0.1, 0.15) is 41.5 Å². The highest BCUT2D eigenvalue weighted by atomic mass is 127. The van der Waals surface area contributed by atoms with E-state index in [1.54, 1.807) is 18.2 Å². The number of fused-ring (bicyclic) bond motifs is 1. The van der Waals surface area contributed by atoms with E-state index in [1.165, 1.54) is 29.6 Å². The van der Waals surface area contributed by atoms with Crippen molar-refractivity contribution in [3.8, 4) is 17.2 Å². The normalized spacial score (nSPS) is 12.3. The van der Waals surface area contributed by atoms with Crippen LogP contribution in [0.1, 0.15) is 27.5 Å². The van der Waals surface area contributed by atoms with Gasteiger partial charge in [-0.3, -0.25) is 7.91 Å². The number of aliphatic hydroxyl groups is 1. The van der Waals surface area contributed by atoms with Crippen LogP contribution < -0.4 is 17.3 Å². The molecule has 0 aliphatic rings. The van der Waals surface area contributed by atoms with Crippen molar-refractivity contribution < 1.29 is 46.1 Å². The number of aromatic amines is 1. The molecule has 0 bridgehead atoms. The van der Waals surface area contributed by atoms with Crippen molar-refractivity contribution in [2.24, 2.45) is 0 Å². The molecule has 2 N–H and O–H groups in total. The van der Waals surface area contributed by atoms with Gasteiger partial charge in [-0.05, 0) is 24.3 Å². The molecule has 4 rings (SSSR count). The number of Topliss-reactive ketones (excluding diaryl/α,β-unsaturated/α-hetero) is 1. The Morgan fingerprint density at radius 2 is 1.77 bits per heavy atom. The molecule has 1 atom stereocenters. The van der Waals surface area contributed by atoms with Gasteiger partial charge in [0, 0.05) is 52.5 Å². The summed E-state index contributed by atoms with van der Waals surface area (Å²) in [5.41, 5.74) is -1.11. The Morgan fingerprint density at radius 1 is 1.05 bits per heavy atom. The zero-order valence-corrected chi connectivity index (χ0v) is 23.1. The second-order valence-corrected chi connectivity index (χ2v) is 9.52. The van der Waals surface area contributed by atoms with Crippen LogP contribution in [0.25, 0.3) is 10.9 Å². The lowest BCUT2D eigenvalue weighted by atomic mass is 9.95. The minimum Gasteiger partial charge on any atom is -0.497 e. The van der Waals surface area contributed by atoms with Gasteiger partial charge in [0.15, 0.2) is 5.78 Å². The van der Waals surface area contributed by atoms with E-state index < -0.39 is 35.2 Å². The molecule has 0 aliphatic heterocycles. The number of nitrogens with zero attached hydrogens (tertiary/aromatic N) is 1. The average molecular weight is 676 g/mol. The van der Waals surface area contributed by atoms with Gasteiger partial charge in [-0.15, -0.1) is 0 Å². The highest BCUT2D eigenvalue weighted by Gasteiger charge is 2.37. The van der Waals surface area contributed by atoms with Crippen molar-refractivity contribution in [3.63, 3.8) is 0 Å². The fourth-order valence-corrected chi connectivity index (χ4v) is 5.01. The maximum Gasteiger partial charge on any atom is 0.419 e. The molecule has 4 aromatic rings. The Hall–Kier alpha value is -3.59. The van der Waals surface area contributed by atoms with E-state index in [1.807, 2.05) is 22.9 Å². The Morgan fingerprint density at radius 3 is 2.42 bits per heavy atom. The molecule has 0 spiro atoms. The van der Waals surface area contributed by atoms with Crippen LogP contribution in [0.4, 0.5) is 27.6 Å². The van der Waals surface area contributed by atoms with Crippen LogP contribution in [0, 0.1) is 11.6 Å². The van der Waals surface area contributed by atoms with Crippen molar-refractivity contribution >= 4 is 45.2 Å². The number of aliphatic hydroxyl groups excluding tert-OH is 1. The molecule has 1 unspecified atom stereocenters. The smallest absolute Gasteiger partial charge is 0.419 e. The third kappa shape index (κ3) is 5.94. The molecule has 0 aliphatic carbocycles. The number of benzene rings is 3. The van der Waals surface area contributed by atoms with Crippen molar-refractivity contribution in [2.75, 3.05) is 30.5 Å². The van der Waals surface area contributed by atoms with Crippen LogP contribution in [0.2, 0.25) is 0 Å². The first-order valence-corrected chi connectivity index (χ1v) is 12.6. The monoisotopic (exact) mass is 676 g/mol. The number of halogens is 6. The largest absolute Gasteiger partial charge is 0.497 e. The third-order valence-corrected chi connectivity index (χ3v) is 7.13. The molecule has 0 fully saturated rings. The molecule has 3 aromatic carbocycles. The predicted octanol–water partition coefficient (Wildman–Crippen LogP) is 6.63. The van der Waals surface area contributed by atoms with E-state index in [0.717, 1.165) is 12.1 Å². The lowest BCUT2D eigenvalue weighted by molar-refractivity contribution is -0.139. The fraction of sp³-hybridized carbons (Fsp3) is 0.222. The Bertz CT molecular complexity index is 1540. The molecule has 212 valence electrons. The van der Waals surface area contributed by atoms with Crippen LogP contribution in [0.3, 0.4) is 0 Å². The van der Waals surface area contributed by atoms with E-state index in [4.69, 9.17) is 19.3 Å². The number of alkyl halides is 3. The number of rotatable bonds is 10. The number of H-pyrrole nitrogens is 1. The zero-order valence-electron chi connectivity index (χ0n) is 21.0. The van der Waals surface area contributed by atoms with Crippen LogP contribution in [0.5, 0.6) is 17.2 Å². The van der Waals surface area contributed by atoms with Crippen molar-refractivity contribution in [1.82, 2.24) is 4.98 Å². The predicted molar refractivity (Wildman–Crippen MR) is 145 cm³/mol. The van der Waals surface area contributed by atoms with Gasteiger partial charge in [0.25, 0.3) is 0 Å². The summed E-state index contributed by atoms with van der Waals surface area (Å²) < 4.78 is 86.4. The molecular formula is C27H22F5IN2O5. The molecule has 1 heterocycles. The van der Waals surface area contributed by atoms with Gasteiger partial charge in [-0.2, -0.15) is 13.2 Å². The van der Waals surface area contributed by atoms with E-state index in [-0.39, 0.29) is 41.0 Å². The lowest BCUT2D eigenvalue weighted by Crippen LogP contribution is -2.27. The molecule has 0 radical (unpaired) electrons. The number of carbonyl (C=O) groups excluding carboxylic acids is 1. The summed E-state index contributed by atoms with van der Waals surface area (Å²) in [4.78, 5) is 16.8. The number of carbonyl (C=O) groups is 1. The fourth-order valence-electron chi connectivity index (χ4n) is 4.18. The quantitative estimate of drug-likeness (QED) is 0.0850. The second-order valence-electron chi connectivity index (χ2n) is 8.48. The van der Waals surface area contributed by atoms with Gasteiger partial charge < -0.3 is 24.3 Å². The molecular weight excluding hydrogens is 654 g/mol. The molecule has 0 amide bonds. The average Bonchev–Trinajstić information content (AvgIpc) is 3.33. The maximum atomic E-state index is 14.2. The lowest BCUT2D eigenvalue weighted by Gasteiger charge is -2.29. The molecule has 13 heteroatoms. The number of ketones is 1. The third-order valence-electron chi connectivity index (χ3n) is 6.01. The first-order chi connectivity index (χ1) is 19.0. The van der Waals surface area contributed by atoms with Gasteiger partial charge in [-0.1, -0.05) is 0 Å². The van der Waals surface area contributed by atoms with Crippen molar-refractivity contribution in [1.29, 1.82) is 0 Å².